The van der Waals surface area contributed by atoms with Crippen LogP contribution in [-0.4, -0.2) is 0 Å². The largest absolute Gasteiger partial charge is 0.0601 e. The van der Waals surface area contributed by atoms with Gasteiger partial charge in [0.05, 0.1) is 0 Å². The van der Waals surface area contributed by atoms with Crippen molar-refractivity contribution in [3.8, 4) is 0 Å². The third kappa shape index (κ3) is 8.39. The van der Waals surface area contributed by atoms with E-state index >= 15 is 0 Å². The van der Waals surface area contributed by atoms with Crippen LogP contribution in [0.2, 0.25) is 0 Å². The van der Waals surface area contributed by atoms with Gasteiger partial charge in [-0.25, -0.2) is 0 Å². The number of hydrogen-bond donors (Lipinski definition) is 0. The molecule has 0 nitrogen and oxygen atoms in total. The van der Waals surface area contributed by atoms with Gasteiger partial charge in [-0.05, 0) is 68.4 Å². The second-order valence-corrected chi connectivity index (χ2v) is 15.7. The van der Waals surface area contributed by atoms with Gasteiger partial charge < -0.3 is 0 Å². The van der Waals surface area contributed by atoms with Crippen LogP contribution in [-0.2, 0) is 16.2 Å². The Morgan fingerprint density at radius 3 is 0.667 bits per heavy atom. The minimum Gasteiger partial charge on any atom is -0.0601 e. The highest BCUT2D eigenvalue weighted by Gasteiger charge is 2.34. The molecule has 0 aliphatic rings. The van der Waals surface area contributed by atoms with E-state index in [4.69, 9.17) is 0 Å². The van der Waals surface area contributed by atoms with Gasteiger partial charge in [0.2, 0.25) is 0 Å². The van der Waals surface area contributed by atoms with Crippen molar-refractivity contribution in [3.63, 3.8) is 0 Å². The molecule has 0 bridgehead atoms. The highest BCUT2D eigenvalue weighted by atomic mass is 14.4. The van der Waals surface area contributed by atoms with E-state index in [1.54, 1.807) is 0 Å². The average molecular weight is 415 g/mol. The zero-order valence-corrected chi connectivity index (χ0v) is 23.4. The van der Waals surface area contributed by atoms with Crippen molar-refractivity contribution in [1.29, 1.82) is 0 Å². The van der Waals surface area contributed by atoms with Crippen molar-refractivity contribution in [2.75, 3.05) is 0 Å². The molecule has 0 atom stereocenters. The van der Waals surface area contributed by atoms with E-state index in [1.165, 1.54) is 36.0 Å². The van der Waals surface area contributed by atoms with Gasteiger partial charge in [-0.15, -0.1) is 0 Å². The molecule has 0 radical (unpaired) electrons. The molecule has 0 aromatic heterocycles. The molecule has 1 aromatic rings. The number of hydrogen-bond acceptors (Lipinski definition) is 0. The third-order valence-electron chi connectivity index (χ3n) is 6.19. The molecule has 30 heavy (non-hydrogen) atoms. The Balaban J connectivity index is 3.68. The molecule has 0 amide bonds. The molecule has 0 aliphatic heterocycles. The molecular weight excluding hydrogens is 360 g/mol. The van der Waals surface area contributed by atoms with Crippen molar-refractivity contribution >= 4 is 0 Å². The van der Waals surface area contributed by atoms with Crippen molar-refractivity contribution < 1.29 is 0 Å². The first-order valence-corrected chi connectivity index (χ1v) is 12.1. The topological polar surface area (TPSA) is 0 Å². The van der Waals surface area contributed by atoms with Crippen LogP contribution in [0.3, 0.4) is 0 Å². The van der Waals surface area contributed by atoms with Crippen LogP contribution in [0.1, 0.15) is 140 Å². The lowest BCUT2D eigenvalue weighted by molar-refractivity contribution is 0.273. The van der Waals surface area contributed by atoms with E-state index in [2.05, 4.69) is 122 Å². The lowest BCUT2D eigenvalue weighted by atomic mass is 9.65. The Kier molecular flexibility index (Phi) is 7.53. The quantitative estimate of drug-likeness (QED) is 0.434. The summed E-state index contributed by atoms with van der Waals surface area (Å²) in [7, 11) is 0. The average Bonchev–Trinajstić information content (AvgIpc) is 2.39. The van der Waals surface area contributed by atoms with Gasteiger partial charge in [0, 0.05) is 0 Å². The summed E-state index contributed by atoms with van der Waals surface area (Å²) >= 11 is 0. The third-order valence-corrected chi connectivity index (χ3v) is 6.19. The van der Waals surface area contributed by atoms with Gasteiger partial charge in [0.1, 0.15) is 0 Å². The van der Waals surface area contributed by atoms with Gasteiger partial charge in [-0.2, -0.15) is 0 Å². The maximum absolute atomic E-state index is 2.54. The predicted molar refractivity (Wildman–Crippen MR) is 138 cm³/mol. The fraction of sp³-hybridized carbons (Fsp3) is 0.800. The smallest absolute Gasteiger partial charge is 0.00984 e. The first kappa shape index (κ1) is 27.3. The molecule has 1 aromatic carbocycles. The molecule has 0 heterocycles. The SMILES string of the molecule is CC(C)(C)CC(C)(C)c1cc(C(C)(C)CC(C)(C)C)cc(C(C)(C)CC(C)(C)C)c1. The molecule has 1 rings (SSSR count). The molecule has 0 unspecified atom stereocenters. The summed E-state index contributed by atoms with van der Waals surface area (Å²) in [4.78, 5) is 0. The molecule has 0 saturated heterocycles. The minimum atomic E-state index is 0.151. The normalized spacial score (nSPS) is 14.9. The fourth-order valence-electron chi connectivity index (χ4n) is 6.08. The Morgan fingerprint density at radius 1 is 0.367 bits per heavy atom. The maximum Gasteiger partial charge on any atom is -0.00984 e. The van der Waals surface area contributed by atoms with Crippen LogP contribution in [0.15, 0.2) is 18.2 Å². The Bertz CT molecular complexity index is 594. The van der Waals surface area contributed by atoms with E-state index in [9.17, 15) is 0 Å². The molecule has 0 fully saturated rings. The van der Waals surface area contributed by atoms with Crippen LogP contribution in [0, 0.1) is 16.2 Å². The molecule has 0 N–H and O–H groups in total. The molecule has 0 heteroatoms. The molecule has 174 valence electrons. The van der Waals surface area contributed by atoms with Gasteiger partial charge in [0.25, 0.3) is 0 Å². The summed E-state index contributed by atoms with van der Waals surface area (Å²) < 4.78 is 0. The van der Waals surface area contributed by atoms with E-state index in [0.717, 1.165) is 0 Å². The highest BCUT2D eigenvalue weighted by Crippen LogP contribution is 2.44. The second-order valence-electron chi connectivity index (χ2n) is 15.7. The lowest BCUT2D eigenvalue weighted by Gasteiger charge is -2.39. The monoisotopic (exact) mass is 414 g/mol. The summed E-state index contributed by atoms with van der Waals surface area (Å²) in [6.45, 7) is 35.9. The van der Waals surface area contributed by atoms with Crippen molar-refractivity contribution in [1.82, 2.24) is 0 Å². The Morgan fingerprint density at radius 2 is 0.533 bits per heavy atom. The zero-order chi connectivity index (χ0) is 24.0. The number of benzene rings is 1. The fourth-order valence-corrected chi connectivity index (χ4v) is 6.08. The van der Waals surface area contributed by atoms with Gasteiger partial charge in [-0.3, -0.25) is 0 Å². The summed E-state index contributed by atoms with van der Waals surface area (Å²) in [6.07, 6.45) is 3.55. The van der Waals surface area contributed by atoms with Gasteiger partial charge in [0.15, 0.2) is 0 Å². The van der Waals surface area contributed by atoms with E-state index < -0.39 is 0 Å². The summed E-state index contributed by atoms with van der Waals surface area (Å²) in [5.41, 5.74) is 5.90. The van der Waals surface area contributed by atoms with Crippen LogP contribution in [0.25, 0.3) is 0 Å². The lowest BCUT2D eigenvalue weighted by Crippen LogP contribution is -2.30. The molecule has 0 saturated carbocycles. The maximum atomic E-state index is 2.54. The van der Waals surface area contributed by atoms with Crippen molar-refractivity contribution in [2.24, 2.45) is 16.2 Å². The van der Waals surface area contributed by atoms with Crippen LogP contribution >= 0.6 is 0 Å². The predicted octanol–water partition coefficient (Wildman–Crippen LogP) is 9.83. The van der Waals surface area contributed by atoms with Crippen molar-refractivity contribution in [2.45, 2.75) is 139 Å². The highest BCUT2D eigenvalue weighted by molar-refractivity contribution is 5.41. The van der Waals surface area contributed by atoms with Crippen LogP contribution < -0.4 is 0 Å². The summed E-state index contributed by atoms with van der Waals surface area (Å²) in [5, 5.41) is 0. The molecular formula is C30H54. The van der Waals surface area contributed by atoms with Gasteiger partial charge in [-0.1, -0.05) is 122 Å². The van der Waals surface area contributed by atoms with E-state index in [-0.39, 0.29) is 16.2 Å². The Labute approximate surface area is 190 Å². The van der Waals surface area contributed by atoms with Crippen molar-refractivity contribution in [3.05, 3.63) is 34.9 Å². The summed E-state index contributed by atoms with van der Waals surface area (Å²) in [6, 6.07) is 7.61. The number of rotatable bonds is 6. The minimum absolute atomic E-state index is 0.151. The van der Waals surface area contributed by atoms with E-state index in [0.29, 0.717) is 16.2 Å². The Hall–Kier alpha value is -0.780. The van der Waals surface area contributed by atoms with E-state index in [1.807, 2.05) is 0 Å². The van der Waals surface area contributed by atoms with Crippen LogP contribution in [0.5, 0.6) is 0 Å². The second kappa shape index (κ2) is 8.29. The summed E-state index contributed by atoms with van der Waals surface area (Å²) in [5.74, 6) is 0. The standard InChI is InChI=1S/C30H54/c1-25(2,3)19-28(10,11)22-16-23(29(12,13)20-26(4,5)6)18-24(17-22)30(14,15)21-27(7,8)9/h16-18H,19-21H2,1-15H3. The van der Waals surface area contributed by atoms with Crippen LogP contribution in [0.4, 0.5) is 0 Å². The molecule has 0 spiro atoms. The first-order valence-electron chi connectivity index (χ1n) is 12.1. The molecule has 0 aliphatic carbocycles. The first-order chi connectivity index (χ1) is 12.9. The zero-order valence-electron chi connectivity index (χ0n) is 23.4. The van der Waals surface area contributed by atoms with Gasteiger partial charge >= 0.3 is 0 Å².